The highest BCUT2D eigenvalue weighted by molar-refractivity contribution is 5.56. The summed E-state index contributed by atoms with van der Waals surface area (Å²) in [4.78, 5) is 2.37. The van der Waals surface area contributed by atoms with Gasteiger partial charge in [0.05, 0.1) is 18.9 Å². The lowest BCUT2D eigenvalue weighted by molar-refractivity contribution is 0.174. The quantitative estimate of drug-likeness (QED) is 0.866. The van der Waals surface area contributed by atoms with Crippen molar-refractivity contribution in [2.45, 2.75) is 44.9 Å². The van der Waals surface area contributed by atoms with Gasteiger partial charge in [-0.1, -0.05) is 25.1 Å². The Bertz CT molecular complexity index is 546. The molecular weight excluding hydrogens is 250 g/mol. The lowest BCUT2D eigenvalue weighted by atomic mass is 10.0. The zero-order valence-corrected chi connectivity index (χ0v) is 11.8. The van der Waals surface area contributed by atoms with E-state index in [-0.39, 0.29) is 0 Å². The summed E-state index contributed by atoms with van der Waals surface area (Å²) in [6, 6.07) is 12.7. The van der Waals surface area contributed by atoms with Crippen LogP contribution in [-0.2, 0) is 6.54 Å². The molecule has 1 heterocycles. The van der Waals surface area contributed by atoms with E-state index in [4.69, 9.17) is 4.42 Å². The molecule has 0 spiro atoms. The number of rotatable bonds is 6. The molecule has 2 aromatic rings. The minimum Gasteiger partial charge on any atom is -0.467 e. The third-order valence-corrected chi connectivity index (χ3v) is 3.89. The van der Waals surface area contributed by atoms with Gasteiger partial charge in [-0.25, -0.2) is 0 Å². The van der Waals surface area contributed by atoms with Gasteiger partial charge in [-0.3, -0.25) is 0 Å². The molecule has 1 aliphatic carbocycles. The lowest BCUT2D eigenvalue weighted by Crippen LogP contribution is -2.26. The summed E-state index contributed by atoms with van der Waals surface area (Å²) in [6.45, 7) is 2.78. The highest BCUT2D eigenvalue weighted by Gasteiger charge is 2.31. The molecule has 3 rings (SSSR count). The van der Waals surface area contributed by atoms with E-state index >= 15 is 0 Å². The van der Waals surface area contributed by atoms with E-state index in [0.29, 0.717) is 6.04 Å². The van der Waals surface area contributed by atoms with E-state index in [9.17, 15) is 5.11 Å². The number of hydrogen-bond acceptors (Lipinski definition) is 3. The van der Waals surface area contributed by atoms with Crippen molar-refractivity contribution in [3.63, 3.8) is 0 Å². The average molecular weight is 271 g/mol. The topological polar surface area (TPSA) is 36.6 Å². The van der Waals surface area contributed by atoms with Gasteiger partial charge in [0.2, 0.25) is 0 Å². The number of nitrogens with zero attached hydrogens (tertiary/aromatic N) is 1. The van der Waals surface area contributed by atoms with Crippen LogP contribution in [0.25, 0.3) is 0 Å². The number of aliphatic hydroxyl groups excluding tert-OH is 1. The van der Waals surface area contributed by atoms with Crippen LogP contribution in [0.5, 0.6) is 0 Å². The Labute approximate surface area is 119 Å². The van der Waals surface area contributed by atoms with Gasteiger partial charge in [0, 0.05) is 17.3 Å². The number of aliphatic hydroxyl groups is 1. The van der Waals surface area contributed by atoms with Gasteiger partial charge < -0.3 is 14.4 Å². The lowest BCUT2D eigenvalue weighted by Gasteiger charge is -2.27. The van der Waals surface area contributed by atoms with Gasteiger partial charge in [-0.05, 0) is 37.5 Å². The summed E-state index contributed by atoms with van der Waals surface area (Å²) in [7, 11) is 0. The maximum Gasteiger partial charge on any atom is 0.123 e. The van der Waals surface area contributed by atoms with Crippen LogP contribution in [0, 0.1) is 0 Å². The molecule has 1 aromatic heterocycles. The largest absolute Gasteiger partial charge is 0.467 e. The highest BCUT2D eigenvalue weighted by Crippen LogP contribution is 2.37. The zero-order valence-electron chi connectivity index (χ0n) is 11.8. The van der Waals surface area contributed by atoms with Crippen molar-refractivity contribution in [2.24, 2.45) is 0 Å². The van der Waals surface area contributed by atoms with E-state index in [0.717, 1.165) is 30.0 Å². The molecule has 1 fully saturated rings. The Hall–Kier alpha value is -1.74. The first kappa shape index (κ1) is 13.3. The number of para-hydroxylation sites is 1. The molecule has 106 valence electrons. The predicted molar refractivity (Wildman–Crippen MR) is 79.6 cm³/mol. The summed E-state index contributed by atoms with van der Waals surface area (Å²) in [6.07, 6.45) is 4.49. The van der Waals surface area contributed by atoms with Crippen LogP contribution in [0.4, 0.5) is 5.69 Å². The number of benzene rings is 1. The first-order valence-electron chi connectivity index (χ1n) is 7.35. The summed E-state index contributed by atoms with van der Waals surface area (Å²) in [5.74, 6) is 0.970. The van der Waals surface area contributed by atoms with Crippen LogP contribution in [0.1, 0.15) is 43.6 Å². The zero-order chi connectivity index (χ0) is 13.9. The standard InChI is InChI=1S/C17H21NO2/c1-2-17(19)15-7-3-4-8-16(15)18(13-9-10-13)12-14-6-5-11-20-14/h3-8,11,13,17,19H,2,9-10,12H2,1H3. The Morgan fingerprint density at radius 3 is 2.70 bits per heavy atom. The SMILES string of the molecule is CCC(O)c1ccccc1N(Cc1ccco1)C1CC1. The van der Waals surface area contributed by atoms with Gasteiger partial charge in [0.1, 0.15) is 5.76 Å². The second kappa shape index (κ2) is 5.71. The summed E-state index contributed by atoms with van der Waals surface area (Å²) < 4.78 is 5.49. The van der Waals surface area contributed by atoms with Crippen LogP contribution in [0.2, 0.25) is 0 Å². The van der Waals surface area contributed by atoms with Crippen molar-refractivity contribution in [3.8, 4) is 0 Å². The molecule has 20 heavy (non-hydrogen) atoms. The predicted octanol–water partition coefficient (Wildman–Crippen LogP) is 3.89. The summed E-state index contributed by atoms with van der Waals surface area (Å²) >= 11 is 0. The van der Waals surface area contributed by atoms with E-state index in [2.05, 4.69) is 11.0 Å². The molecule has 0 amide bonds. The van der Waals surface area contributed by atoms with Crippen LogP contribution in [0.3, 0.4) is 0 Å². The summed E-state index contributed by atoms with van der Waals surface area (Å²) in [5, 5.41) is 10.2. The van der Waals surface area contributed by atoms with Gasteiger partial charge in [0.25, 0.3) is 0 Å². The number of hydrogen-bond donors (Lipinski definition) is 1. The average Bonchev–Trinajstić information content (AvgIpc) is 3.20. The van der Waals surface area contributed by atoms with Crippen LogP contribution < -0.4 is 4.90 Å². The molecule has 0 bridgehead atoms. The molecule has 1 N–H and O–H groups in total. The van der Waals surface area contributed by atoms with Gasteiger partial charge in [-0.2, -0.15) is 0 Å². The summed E-state index contributed by atoms with van der Waals surface area (Å²) in [5.41, 5.74) is 2.16. The molecule has 1 aliphatic rings. The van der Waals surface area contributed by atoms with Crippen molar-refractivity contribution >= 4 is 5.69 Å². The Morgan fingerprint density at radius 1 is 1.25 bits per heavy atom. The Kier molecular flexibility index (Phi) is 3.79. The molecule has 1 aromatic carbocycles. The first-order valence-corrected chi connectivity index (χ1v) is 7.35. The fraction of sp³-hybridized carbons (Fsp3) is 0.412. The first-order chi connectivity index (χ1) is 9.79. The van der Waals surface area contributed by atoms with Crippen molar-refractivity contribution < 1.29 is 9.52 Å². The van der Waals surface area contributed by atoms with Gasteiger partial charge in [0.15, 0.2) is 0 Å². The van der Waals surface area contributed by atoms with E-state index in [1.165, 1.54) is 12.8 Å². The van der Waals surface area contributed by atoms with Crippen LogP contribution >= 0.6 is 0 Å². The molecule has 0 radical (unpaired) electrons. The highest BCUT2D eigenvalue weighted by atomic mass is 16.3. The Balaban J connectivity index is 1.91. The molecule has 1 saturated carbocycles. The smallest absolute Gasteiger partial charge is 0.123 e. The van der Waals surface area contributed by atoms with Crippen LogP contribution in [-0.4, -0.2) is 11.1 Å². The maximum atomic E-state index is 10.2. The minimum absolute atomic E-state index is 0.399. The van der Waals surface area contributed by atoms with E-state index in [1.54, 1.807) is 6.26 Å². The van der Waals surface area contributed by atoms with Crippen molar-refractivity contribution in [2.75, 3.05) is 4.90 Å². The fourth-order valence-corrected chi connectivity index (χ4v) is 2.62. The van der Waals surface area contributed by atoms with E-state index in [1.807, 2.05) is 37.3 Å². The molecule has 1 unspecified atom stereocenters. The monoisotopic (exact) mass is 271 g/mol. The number of anilines is 1. The molecule has 3 nitrogen and oxygen atoms in total. The van der Waals surface area contributed by atoms with Crippen molar-refractivity contribution in [1.29, 1.82) is 0 Å². The molecule has 3 heteroatoms. The minimum atomic E-state index is -0.399. The van der Waals surface area contributed by atoms with Crippen molar-refractivity contribution in [3.05, 3.63) is 54.0 Å². The molecule has 0 saturated heterocycles. The van der Waals surface area contributed by atoms with Gasteiger partial charge >= 0.3 is 0 Å². The third kappa shape index (κ3) is 2.73. The molecule has 1 atom stereocenters. The second-order valence-electron chi connectivity index (χ2n) is 5.42. The van der Waals surface area contributed by atoms with Crippen LogP contribution in [0.15, 0.2) is 47.1 Å². The maximum absolute atomic E-state index is 10.2. The Morgan fingerprint density at radius 2 is 2.05 bits per heavy atom. The van der Waals surface area contributed by atoms with E-state index < -0.39 is 6.10 Å². The molecule has 0 aliphatic heterocycles. The number of furan rings is 1. The molecular formula is C17H21NO2. The second-order valence-corrected chi connectivity index (χ2v) is 5.42. The van der Waals surface area contributed by atoms with Gasteiger partial charge in [-0.15, -0.1) is 0 Å². The normalized spacial score (nSPS) is 16.1. The third-order valence-electron chi connectivity index (χ3n) is 3.89. The fourth-order valence-electron chi connectivity index (χ4n) is 2.62. The van der Waals surface area contributed by atoms with Crippen molar-refractivity contribution in [1.82, 2.24) is 0 Å².